The van der Waals surface area contributed by atoms with Gasteiger partial charge in [0.25, 0.3) is 0 Å². The minimum atomic E-state index is -0.346. The molecule has 110 valence electrons. The second-order valence-electron chi connectivity index (χ2n) is 7.21. The molecule has 0 spiro atoms. The Bertz CT molecular complexity index is 352. The largest absolute Gasteiger partial charge is 0.369 e. The number of amides is 1. The third-order valence-electron chi connectivity index (χ3n) is 4.43. The molecule has 0 aromatic heterocycles. The van der Waals surface area contributed by atoms with Gasteiger partial charge in [-0.1, -0.05) is 12.8 Å². The highest BCUT2D eigenvalue weighted by Crippen LogP contribution is 2.34. The Labute approximate surface area is 116 Å². The number of morpholine rings is 1. The maximum Gasteiger partial charge on any atom is 0.227 e. The molecule has 1 saturated carbocycles. The second kappa shape index (κ2) is 5.06. The van der Waals surface area contributed by atoms with Gasteiger partial charge in [-0.05, 0) is 40.5 Å². The summed E-state index contributed by atoms with van der Waals surface area (Å²) in [5.41, 5.74) is 5.75. The van der Waals surface area contributed by atoms with E-state index in [0.29, 0.717) is 13.1 Å². The summed E-state index contributed by atoms with van der Waals surface area (Å²) in [5.74, 6) is 0.204. The number of hydrogen-bond donors (Lipinski definition) is 1. The topological polar surface area (TPSA) is 55.6 Å². The molecule has 2 N–H and O–H groups in total. The predicted octanol–water partition coefficient (Wildman–Crippen LogP) is 1.92. The minimum Gasteiger partial charge on any atom is -0.369 e. The zero-order valence-corrected chi connectivity index (χ0v) is 12.7. The van der Waals surface area contributed by atoms with Crippen LogP contribution in [-0.4, -0.2) is 41.1 Å². The van der Waals surface area contributed by atoms with Gasteiger partial charge in [-0.15, -0.1) is 0 Å². The minimum absolute atomic E-state index is 0.0256. The Morgan fingerprint density at radius 3 is 2.58 bits per heavy atom. The van der Waals surface area contributed by atoms with Gasteiger partial charge in [0.1, 0.15) is 0 Å². The van der Waals surface area contributed by atoms with Crippen LogP contribution in [0.3, 0.4) is 0 Å². The van der Waals surface area contributed by atoms with Crippen LogP contribution in [0.15, 0.2) is 0 Å². The van der Waals surface area contributed by atoms with Crippen molar-refractivity contribution in [2.75, 3.05) is 13.1 Å². The first kappa shape index (κ1) is 14.8. The van der Waals surface area contributed by atoms with Crippen molar-refractivity contribution in [3.05, 3.63) is 0 Å². The summed E-state index contributed by atoms with van der Waals surface area (Å²) in [6, 6.07) is 0. The van der Waals surface area contributed by atoms with Crippen molar-refractivity contribution in [1.29, 1.82) is 0 Å². The smallest absolute Gasteiger partial charge is 0.227 e. The fourth-order valence-corrected chi connectivity index (χ4v) is 3.61. The summed E-state index contributed by atoms with van der Waals surface area (Å²) in [7, 11) is 0. The number of nitrogens with two attached hydrogens (primary N) is 1. The lowest BCUT2D eigenvalue weighted by Crippen LogP contribution is -2.59. The summed E-state index contributed by atoms with van der Waals surface area (Å²) in [6.07, 6.45) is 4.24. The monoisotopic (exact) mass is 268 g/mol. The molecule has 0 aromatic carbocycles. The molecule has 3 unspecified atom stereocenters. The molecule has 2 aliphatic rings. The van der Waals surface area contributed by atoms with E-state index >= 15 is 0 Å². The number of hydrogen-bond acceptors (Lipinski definition) is 3. The lowest BCUT2D eigenvalue weighted by molar-refractivity contribution is -0.164. The molecule has 19 heavy (non-hydrogen) atoms. The molecule has 3 atom stereocenters. The molecular formula is C15H28N2O2. The molecule has 2 rings (SSSR count). The maximum atomic E-state index is 12.8. The van der Waals surface area contributed by atoms with E-state index in [4.69, 9.17) is 10.5 Å². The number of nitrogens with zero attached hydrogens (tertiary/aromatic N) is 1. The second-order valence-corrected chi connectivity index (χ2v) is 7.21. The number of rotatable bonds is 1. The molecule has 0 bridgehead atoms. The van der Waals surface area contributed by atoms with Crippen molar-refractivity contribution in [2.45, 2.75) is 70.6 Å². The summed E-state index contributed by atoms with van der Waals surface area (Å²) < 4.78 is 5.87. The number of carbonyl (C=O) groups is 1. The fourth-order valence-electron chi connectivity index (χ4n) is 3.61. The lowest BCUT2D eigenvalue weighted by Gasteiger charge is -2.46. The number of ether oxygens (including phenoxy) is 1. The molecule has 1 aliphatic carbocycles. The first-order valence-electron chi connectivity index (χ1n) is 7.47. The van der Waals surface area contributed by atoms with Crippen molar-refractivity contribution in [2.24, 2.45) is 11.7 Å². The SMILES string of the molecule is CC1CN(C(=O)C2CCCCC2(C)N)CC(C)(C)O1. The van der Waals surface area contributed by atoms with E-state index in [1.807, 2.05) is 32.6 Å². The van der Waals surface area contributed by atoms with Gasteiger partial charge in [0, 0.05) is 18.6 Å². The van der Waals surface area contributed by atoms with Gasteiger partial charge in [0.15, 0.2) is 0 Å². The molecule has 1 heterocycles. The maximum absolute atomic E-state index is 12.8. The van der Waals surface area contributed by atoms with E-state index < -0.39 is 0 Å². The van der Waals surface area contributed by atoms with E-state index in [-0.39, 0.29) is 29.1 Å². The first-order chi connectivity index (χ1) is 8.71. The molecule has 1 aliphatic heterocycles. The lowest BCUT2D eigenvalue weighted by atomic mass is 9.74. The zero-order valence-electron chi connectivity index (χ0n) is 12.7. The van der Waals surface area contributed by atoms with Crippen LogP contribution in [0, 0.1) is 5.92 Å². The normalized spacial score (nSPS) is 39.1. The molecule has 1 saturated heterocycles. The van der Waals surface area contributed by atoms with E-state index in [2.05, 4.69) is 0 Å². The molecule has 0 aromatic rings. The third kappa shape index (κ3) is 3.29. The van der Waals surface area contributed by atoms with Crippen LogP contribution in [0.5, 0.6) is 0 Å². The average molecular weight is 268 g/mol. The summed E-state index contributed by atoms with van der Waals surface area (Å²) in [4.78, 5) is 14.8. The van der Waals surface area contributed by atoms with Gasteiger partial charge in [-0.3, -0.25) is 4.79 Å². The highest BCUT2D eigenvalue weighted by Gasteiger charge is 2.42. The van der Waals surface area contributed by atoms with Crippen LogP contribution in [0.4, 0.5) is 0 Å². The quantitative estimate of drug-likeness (QED) is 0.790. The van der Waals surface area contributed by atoms with Gasteiger partial charge in [0.2, 0.25) is 5.91 Å². The Kier molecular flexibility index (Phi) is 3.94. The van der Waals surface area contributed by atoms with Gasteiger partial charge >= 0.3 is 0 Å². The summed E-state index contributed by atoms with van der Waals surface area (Å²) >= 11 is 0. The van der Waals surface area contributed by atoms with Gasteiger partial charge in [-0.25, -0.2) is 0 Å². The predicted molar refractivity (Wildman–Crippen MR) is 75.8 cm³/mol. The summed E-state index contributed by atoms with van der Waals surface area (Å²) in [6.45, 7) is 9.52. The van der Waals surface area contributed by atoms with Crippen LogP contribution in [0.1, 0.15) is 53.4 Å². The Morgan fingerprint density at radius 2 is 2.00 bits per heavy atom. The highest BCUT2D eigenvalue weighted by atomic mass is 16.5. The van der Waals surface area contributed by atoms with Crippen LogP contribution in [-0.2, 0) is 9.53 Å². The molecule has 1 amide bonds. The molecule has 4 heteroatoms. The molecule has 2 fully saturated rings. The van der Waals surface area contributed by atoms with Crippen molar-refractivity contribution in [1.82, 2.24) is 4.90 Å². The van der Waals surface area contributed by atoms with E-state index in [1.54, 1.807) is 0 Å². The van der Waals surface area contributed by atoms with E-state index in [0.717, 1.165) is 25.7 Å². The number of carbonyl (C=O) groups excluding carboxylic acids is 1. The van der Waals surface area contributed by atoms with E-state index in [9.17, 15) is 4.79 Å². The first-order valence-corrected chi connectivity index (χ1v) is 7.47. The molecular weight excluding hydrogens is 240 g/mol. The van der Waals surface area contributed by atoms with Crippen LogP contribution < -0.4 is 5.73 Å². The fraction of sp³-hybridized carbons (Fsp3) is 0.933. The summed E-state index contributed by atoms with van der Waals surface area (Å²) in [5, 5.41) is 0. The average Bonchev–Trinajstić information content (AvgIpc) is 2.24. The van der Waals surface area contributed by atoms with E-state index in [1.165, 1.54) is 0 Å². The van der Waals surface area contributed by atoms with Gasteiger partial charge in [0.05, 0.1) is 17.6 Å². The Balaban J connectivity index is 2.10. The van der Waals surface area contributed by atoms with Crippen LogP contribution in [0.25, 0.3) is 0 Å². The van der Waals surface area contributed by atoms with Crippen LogP contribution in [0.2, 0.25) is 0 Å². The van der Waals surface area contributed by atoms with Crippen LogP contribution >= 0.6 is 0 Å². The Morgan fingerprint density at radius 1 is 1.32 bits per heavy atom. The standard InChI is InChI=1S/C15H28N2O2/c1-11-9-17(10-14(2,3)19-11)13(18)12-7-5-6-8-15(12,4)16/h11-12H,5-10,16H2,1-4H3. The van der Waals surface area contributed by atoms with Crippen molar-refractivity contribution >= 4 is 5.91 Å². The highest BCUT2D eigenvalue weighted by molar-refractivity contribution is 5.80. The van der Waals surface area contributed by atoms with Crippen molar-refractivity contribution in [3.63, 3.8) is 0 Å². The molecule has 4 nitrogen and oxygen atoms in total. The zero-order chi connectivity index (χ0) is 14.3. The molecule has 0 radical (unpaired) electrons. The van der Waals surface area contributed by atoms with Crippen molar-refractivity contribution in [3.8, 4) is 0 Å². The van der Waals surface area contributed by atoms with Crippen molar-refractivity contribution < 1.29 is 9.53 Å². The third-order valence-corrected chi connectivity index (χ3v) is 4.43. The van der Waals surface area contributed by atoms with Gasteiger partial charge < -0.3 is 15.4 Å². The Hall–Kier alpha value is -0.610. The van der Waals surface area contributed by atoms with Gasteiger partial charge in [-0.2, -0.15) is 0 Å².